The molecule has 6 unspecified atom stereocenters. The molecule has 0 aromatic carbocycles. The van der Waals surface area contributed by atoms with Crippen molar-refractivity contribution in [1.29, 1.82) is 0 Å². The molecule has 184 valence electrons. The van der Waals surface area contributed by atoms with Gasteiger partial charge in [-0.05, 0) is 37.0 Å². The maximum absolute atomic E-state index is 13.4. The number of carboxylic acids is 1. The molecule has 5 N–H and O–H groups in total. The van der Waals surface area contributed by atoms with Gasteiger partial charge in [0.15, 0.2) is 0 Å². The molecule has 0 aliphatic carbocycles. The fraction of sp³-hybridized carbons (Fsp3) is 0.826. The number of likely N-dealkylation sites (tertiary alicyclic amines) is 1. The number of nitrogens with zero attached hydrogens (tertiary/aromatic N) is 1. The summed E-state index contributed by atoms with van der Waals surface area (Å²) in [7, 11) is 0. The smallest absolute Gasteiger partial charge is 0.326 e. The predicted octanol–water partition coefficient (Wildman–Crippen LogP) is 1.50. The van der Waals surface area contributed by atoms with Gasteiger partial charge in [0, 0.05) is 6.54 Å². The van der Waals surface area contributed by atoms with Crippen molar-refractivity contribution in [3.05, 3.63) is 0 Å². The molecule has 6 atom stereocenters. The second-order valence-corrected chi connectivity index (χ2v) is 9.50. The summed E-state index contributed by atoms with van der Waals surface area (Å²) < 4.78 is 0. The van der Waals surface area contributed by atoms with Crippen molar-refractivity contribution in [3.63, 3.8) is 0 Å². The van der Waals surface area contributed by atoms with Gasteiger partial charge in [0.25, 0.3) is 0 Å². The summed E-state index contributed by atoms with van der Waals surface area (Å²) >= 11 is 0. The van der Waals surface area contributed by atoms with Crippen LogP contribution in [0, 0.1) is 17.8 Å². The first-order chi connectivity index (χ1) is 14.9. The van der Waals surface area contributed by atoms with Gasteiger partial charge in [-0.1, -0.05) is 54.4 Å². The SMILES string of the molecule is CCC(C)C(N)C(=O)NC(CC(C)C)C(=O)N1CCCC1C(=O)NC(C(=O)O)C(C)CC. The Kier molecular flexibility index (Phi) is 11.1. The summed E-state index contributed by atoms with van der Waals surface area (Å²) in [4.78, 5) is 52.0. The van der Waals surface area contributed by atoms with Crippen molar-refractivity contribution < 1.29 is 24.3 Å². The Labute approximate surface area is 191 Å². The Bertz CT molecular complexity index is 669. The van der Waals surface area contributed by atoms with Gasteiger partial charge in [-0.2, -0.15) is 0 Å². The molecule has 1 aliphatic heterocycles. The first kappa shape index (κ1) is 27.9. The lowest BCUT2D eigenvalue weighted by molar-refractivity contribution is -0.146. The highest BCUT2D eigenvalue weighted by Crippen LogP contribution is 2.21. The molecule has 0 bridgehead atoms. The number of rotatable bonds is 12. The second kappa shape index (κ2) is 12.8. The van der Waals surface area contributed by atoms with E-state index in [1.807, 2.05) is 34.6 Å². The molecular weight excluding hydrogens is 412 g/mol. The van der Waals surface area contributed by atoms with E-state index in [0.29, 0.717) is 32.2 Å². The van der Waals surface area contributed by atoms with E-state index in [9.17, 15) is 24.3 Å². The molecule has 3 amide bonds. The molecule has 9 heteroatoms. The normalized spacial score (nSPS) is 20.9. The van der Waals surface area contributed by atoms with E-state index in [4.69, 9.17) is 5.73 Å². The molecule has 0 spiro atoms. The molecule has 0 aromatic rings. The lowest BCUT2D eigenvalue weighted by Crippen LogP contribution is -2.58. The Morgan fingerprint density at radius 1 is 1.03 bits per heavy atom. The number of nitrogens with one attached hydrogen (secondary N) is 2. The molecule has 0 aromatic heterocycles. The van der Waals surface area contributed by atoms with Gasteiger partial charge in [-0.25, -0.2) is 4.79 Å². The van der Waals surface area contributed by atoms with Crippen molar-refractivity contribution in [2.75, 3.05) is 6.54 Å². The Balaban J connectivity index is 2.99. The van der Waals surface area contributed by atoms with Crippen molar-refractivity contribution in [2.45, 2.75) is 97.8 Å². The summed E-state index contributed by atoms with van der Waals surface area (Å²) in [5, 5.41) is 14.9. The maximum Gasteiger partial charge on any atom is 0.326 e. The minimum atomic E-state index is -1.09. The largest absolute Gasteiger partial charge is 0.480 e. The molecular formula is C23H42N4O5. The fourth-order valence-electron chi connectivity index (χ4n) is 3.91. The average molecular weight is 455 g/mol. The zero-order valence-corrected chi connectivity index (χ0v) is 20.4. The van der Waals surface area contributed by atoms with E-state index in [1.54, 1.807) is 6.92 Å². The van der Waals surface area contributed by atoms with Crippen LogP contribution in [0.3, 0.4) is 0 Å². The zero-order valence-electron chi connectivity index (χ0n) is 20.4. The molecule has 0 radical (unpaired) electrons. The summed E-state index contributed by atoms with van der Waals surface area (Å²) in [5.74, 6) is -2.37. The number of hydrogen-bond acceptors (Lipinski definition) is 5. The molecule has 9 nitrogen and oxygen atoms in total. The molecule has 1 aliphatic rings. The third-order valence-corrected chi connectivity index (χ3v) is 6.50. The highest BCUT2D eigenvalue weighted by molar-refractivity contribution is 5.94. The topological polar surface area (TPSA) is 142 Å². The summed E-state index contributed by atoms with van der Waals surface area (Å²) in [6.07, 6.45) is 2.86. The van der Waals surface area contributed by atoms with Gasteiger partial charge in [0.1, 0.15) is 18.1 Å². The van der Waals surface area contributed by atoms with Crippen LogP contribution in [-0.4, -0.2) is 64.4 Å². The van der Waals surface area contributed by atoms with Gasteiger partial charge in [0.05, 0.1) is 6.04 Å². The van der Waals surface area contributed by atoms with Crippen molar-refractivity contribution in [3.8, 4) is 0 Å². The second-order valence-electron chi connectivity index (χ2n) is 9.50. The van der Waals surface area contributed by atoms with Gasteiger partial charge in [0.2, 0.25) is 17.7 Å². The van der Waals surface area contributed by atoms with Crippen molar-refractivity contribution in [1.82, 2.24) is 15.5 Å². The van der Waals surface area contributed by atoms with Crippen LogP contribution >= 0.6 is 0 Å². The number of amides is 3. The molecule has 1 saturated heterocycles. The summed E-state index contributed by atoms with van der Waals surface area (Å²) in [5.41, 5.74) is 6.05. The predicted molar refractivity (Wildman–Crippen MR) is 123 cm³/mol. The van der Waals surface area contributed by atoms with E-state index >= 15 is 0 Å². The van der Waals surface area contributed by atoms with E-state index in [2.05, 4.69) is 10.6 Å². The highest BCUT2D eigenvalue weighted by Gasteiger charge is 2.40. The number of aliphatic carboxylic acids is 1. The zero-order chi connectivity index (χ0) is 24.6. The molecule has 1 heterocycles. The van der Waals surface area contributed by atoms with Crippen LogP contribution in [0.15, 0.2) is 0 Å². The van der Waals surface area contributed by atoms with E-state index in [-0.39, 0.29) is 29.6 Å². The molecule has 1 rings (SSSR count). The number of nitrogens with two attached hydrogens (primary N) is 1. The van der Waals surface area contributed by atoms with Gasteiger partial charge in [-0.15, -0.1) is 0 Å². The minimum Gasteiger partial charge on any atom is -0.480 e. The van der Waals surface area contributed by atoms with Gasteiger partial charge in [-0.3, -0.25) is 14.4 Å². The van der Waals surface area contributed by atoms with Gasteiger partial charge < -0.3 is 26.4 Å². The van der Waals surface area contributed by atoms with E-state index < -0.39 is 36.0 Å². The number of carbonyl (C=O) groups excluding carboxylic acids is 3. The third-order valence-electron chi connectivity index (χ3n) is 6.50. The first-order valence-corrected chi connectivity index (χ1v) is 11.8. The Morgan fingerprint density at radius 3 is 2.12 bits per heavy atom. The molecule has 1 fully saturated rings. The molecule has 0 saturated carbocycles. The Hall–Kier alpha value is -2.16. The third kappa shape index (κ3) is 7.46. The first-order valence-electron chi connectivity index (χ1n) is 11.8. The van der Waals surface area contributed by atoms with E-state index in [0.717, 1.165) is 6.42 Å². The van der Waals surface area contributed by atoms with Crippen LogP contribution in [-0.2, 0) is 19.2 Å². The van der Waals surface area contributed by atoms with E-state index in [1.165, 1.54) is 4.90 Å². The van der Waals surface area contributed by atoms with Crippen LogP contribution in [0.2, 0.25) is 0 Å². The number of hydrogen-bond donors (Lipinski definition) is 4. The fourth-order valence-corrected chi connectivity index (χ4v) is 3.91. The minimum absolute atomic E-state index is 0.0244. The van der Waals surface area contributed by atoms with Crippen LogP contribution in [0.25, 0.3) is 0 Å². The van der Waals surface area contributed by atoms with Crippen LogP contribution in [0.5, 0.6) is 0 Å². The molecule has 32 heavy (non-hydrogen) atoms. The number of carbonyl (C=O) groups is 4. The average Bonchev–Trinajstić information content (AvgIpc) is 3.23. The van der Waals surface area contributed by atoms with Crippen LogP contribution < -0.4 is 16.4 Å². The van der Waals surface area contributed by atoms with Gasteiger partial charge >= 0.3 is 5.97 Å². The van der Waals surface area contributed by atoms with Crippen LogP contribution in [0.4, 0.5) is 0 Å². The van der Waals surface area contributed by atoms with Crippen LogP contribution in [0.1, 0.15) is 73.6 Å². The van der Waals surface area contributed by atoms with Crippen molar-refractivity contribution >= 4 is 23.7 Å². The maximum atomic E-state index is 13.4. The lowest BCUT2D eigenvalue weighted by atomic mass is 9.97. The summed E-state index contributed by atoms with van der Waals surface area (Å²) in [6.45, 7) is 11.8. The van der Waals surface area contributed by atoms with Crippen molar-refractivity contribution in [2.24, 2.45) is 23.5 Å². The summed E-state index contributed by atoms with van der Waals surface area (Å²) in [6, 6.07) is -3.25. The quantitative estimate of drug-likeness (QED) is 0.352. The standard InChI is InChI=1S/C23H42N4O5/c1-7-14(5)18(24)21(29)25-16(12-13(3)4)22(30)27-11-9-10-17(27)20(28)26-19(23(31)32)15(6)8-2/h13-19H,7-12,24H2,1-6H3,(H,25,29)(H,26,28)(H,31,32). The number of carboxylic acid groups (broad SMARTS) is 1. The highest BCUT2D eigenvalue weighted by atomic mass is 16.4. The monoisotopic (exact) mass is 454 g/mol. The Morgan fingerprint density at radius 2 is 1.62 bits per heavy atom. The lowest BCUT2D eigenvalue weighted by Gasteiger charge is -2.31.